The number of nitrogens with one attached hydrogen (secondary N) is 2. The SMILES string of the molecule is COc1ccc(S(=O)(=O)c2cnc(SCC(=O)Nc3cc(F)ccc3C)[nH]c2=O)cc1Cl. The summed E-state index contributed by atoms with van der Waals surface area (Å²) in [6.07, 6.45) is 0.920. The molecule has 0 radical (unpaired) electrons. The normalized spacial score (nSPS) is 11.2. The number of aromatic nitrogens is 2. The van der Waals surface area contributed by atoms with Gasteiger partial charge in [0.15, 0.2) is 10.1 Å². The Hall–Kier alpha value is -2.89. The number of H-pyrrole nitrogens is 1. The number of carbonyl (C=O) groups excluding carboxylic acids is 1. The number of nitrogens with zero attached hydrogens (tertiary/aromatic N) is 1. The highest BCUT2D eigenvalue weighted by atomic mass is 35.5. The Morgan fingerprint density at radius 2 is 2.03 bits per heavy atom. The lowest BCUT2D eigenvalue weighted by Gasteiger charge is -2.09. The molecule has 0 bridgehead atoms. The van der Waals surface area contributed by atoms with Gasteiger partial charge < -0.3 is 15.0 Å². The number of ether oxygens (including phenoxy) is 1. The minimum absolute atomic E-state index is 0.0489. The number of hydrogen-bond donors (Lipinski definition) is 2. The second kappa shape index (κ2) is 9.72. The van der Waals surface area contributed by atoms with Gasteiger partial charge in [-0.25, -0.2) is 17.8 Å². The molecule has 168 valence electrons. The first-order valence-corrected chi connectivity index (χ1v) is 11.8. The number of aromatic amines is 1. The van der Waals surface area contributed by atoms with E-state index >= 15 is 0 Å². The van der Waals surface area contributed by atoms with Crippen LogP contribution in [0, 0.1) is 12.7 Å². The average Bonchev–Trinajstić information content (AvgIpc) is 2.74. The smallest absolute Gasteiger partial charge is 0.270 e. The van der Waals surface area contributed by atoms with Crippen LogP contribution in [0.4, 0.5) is 10.1 Å². The van der Waals surface area contributed by atoms with E-state index in [0.717, 1.165) is 18.0 Å². The predicted octanol–water partition coefficient (Wildman–Crippen LogP) is 3.44. The summed E-state index contributed by atoms with van der Waals surface area (Å²) < 4.78 is 43.9. The number of benzene rings is 2. The van der Waals surface area contributed by atoms with E-state index in [4.69, 9.17) is 16.3 Å². The molecule has 0 unspecified atom stereocenters. The first-order valence-electron chi connectivity index (χ1n) is 8.98. The summed E-state index contributed by atoms with van der Waals surface area (Å²) in [6.45, 7) is 1.72. The van der Waals surface area contributed by atoms with Crippen LogP contribution in [0.15, 0.2) is 62.3 Å². The van der Waals surface area contributed by atoms with Crippen molar-refractivity contribution in [2.75, 3.05) is 18.2 Å². The van der Waals surface area contributed by atoms with Gasteiger partial charge in [0.05, 0.1) is 29.0 Å². The zero-order valence-corrected chi connectivity index (χ0v) is 19.2. The van der Waals surface area contributed by atoms with Crippen molar-refractivity contribution in [2.45, 2.75) is 21.9 Å². The van der Waals surface area contributed by atoms with Crippen molar-refractivity contribution in [2.24, 2.45) is 0 Å². The second-order valence-electron chi connectivity index (χ2n) is 6.48. The molecule has 3 rings (SSSR count). The highest BCUT2D eigenvalue weighted by Crippen LogP contribution is 2.29. The molecular weight excluding hydrogens is 481 g/mol. The number of aryl methyl sites for hydroxylation is 1. The van der Waals surface area contributed by atoms with E-state index in [2.05, 4.69) is 15.3 Å². The van der Waals surface area contributed by atoms with Gasteiger partial charge in [0, 0.05) is 5.69 Å². The summed E-state index contributed by atoms with van der Waals surface area (Å²) in [6, 6.07) is 7.83. The van der Waals surface area contributed by atoms with Crippen molar-refractivity contribution in [3.05, 3.63) is 69.4 Å². The van der Waals surface area contributed by atoms with Crippen molar-refractivity contribution in [3.8, 4) is 5.75 Å². The zero-order chi connectivity index (χ0) is 23.5. The van der Waals surface area contributed by atoms with Crippen molar-refractivity contribution in [1.29, 1.82) is 0 Å². The van der Waals surface area contributed by atoms with E-state index in [-0.39, 0.29) is 26.6 Å². The van der Waals surface area contributed by atoms with Gasteiger partial charge in [-0.2, -0.15) is 0 Å². The van der Waals surface area contributed by atoms with Crippen LogP contribution in [-0.2, 0) is 14.6 Å². The van der Waals surface area contributed by atoms with Crippen LogP contribution in [0.25, 0.3) is 0 Å². The molecule has 12 heteroatoms. The standard InChI is InChI=1S/C20H17ClFN3O5S2/c1-11-3-4-12(22)7-15(11)24-18(26)10-31-20-23-9-17(19(27)25-20)32(28,29)13-5-6-16(30-2)14(21)8-13/h3-9H,10H2,1-2H3,(H,24,26)(H,23,25,27). The molecule has 1 heterocycles. The van der Waals surface area contributed by atoms with Gasteiger partial charge in [0.2, 0.25) is 15.7 Å². The molecule has 0 saturated carbocycles. The molecule has 0 aliphatic rings. The van der Waals surface area contributed by atoms with Crippen LogP contribution in [0.1, 0.15) is 5.56 Å². The van der Waals surface area contributed by atoms with Crippen LogP contribution in [0.3, 0.4) is 0 Å². The van der Waals surface area contributed by atoms with Crippen molar-refractivity contribution < 1.29 is 22.3 Å². The monoisotopic (exact) mass is 497 g/mol. The summed E-state index contributed by atoms with van der Waals surface area (Å²) in [4.78, 5) is 30.1. The topological polar surface area (TPSA) is 118 Å². The fourth-order valence-electron chi connectivity index (χ4n) is 2.62. The van der Waals surface area contributed by atoms with Crippen molar-refractivity contribution >= 4 is 44.8 Å². The third-order valence-corrected chi connectivity index (χ3v) is 7.21. The van der Waals surface area contributed by atoms with Gasteiger partial charge >= 0.3 is 0 Å². The molecule has 0 saturated heterocycles. The van der Waals surface area contributed by atoms with Crippen molar-refractivity contribution in [3.63, 3.8) is 0 Å². The van der Waals surface area contributed by atoms with E-state index in [1.807, 2.05) is 0 Å². The number of hydrogen-bond acceptors (Lipinski definition) is 7. The number of anilines is 1. The van der Waals surface area contributed by atoms with Crippen LogP contribution in [-0.4, -0.2) is 37.2 Å². The first-order chi connectivity index (χ1) is 15.1. The van der Waals surface area contributed by atoms with E-state index in [1.54, 1.807) is 6.92 Å². The molecule has 0 spiro atoms. The number of halogens is 2. The summed E-state index contributed by atoms with van der Waals surface area (Å²) in [5, 5.41) is 2.69. The van der Waals surface area contributed by atoms with Gasteiger partial charge in [0.25, 0.3) is 5.56 Å². The molecule has 32 heavy (non-hydrogen) atoms. The Balaban J connectivity index is 1.73. The van der Waals surface area contributed by atoms with Gasteiger partial charge in [-0.1, -0.05) is 29.4 Å². The third-order valence-electron chi connectivity index (χ3n) is 4.28. The lowest BCUT2D eigenvalue weighted by molar-refractivity contribution is -0.113. The van der Waals surface area contributed by atoms with Gasteiger partial charge in [-0.15, -0.1) is 0 Å². The fraction of sp³-hybridized carbons (Fsp3) is 0.150. The summed E-state index contributed by atoms with van der Waals surface area (Å²) in [5.74, 6) is -0.787. The number of sulfone groups is 1. The molecule has 0 aliphatic heterocycles. The highest BCUT2D eigenvalue weighted by molar-refractivity contribution is 7.99. The molecule has 0 aliphatic carbocycles. The Morgan fingerprint density at radius 3 is 2.69 bits per heavy atom. The summed E-state index contributed by atoms with van der Waals surface area (Å²) in [7, 11) is -2.80. The maximum atomic E-state index is 13.3. The Bertz CT molecular complexity index is 1350. The maximum absolute atomic E-state index is 13.3. The zero-order valence-electron chi connectivity index (χ0n) is 16.8. The molecule has 3 aromatic rings. The maximum Gasteiger partial charge on any atom is 0.270 e. The minimum Gasteiger partial charge on any atom is -0.495 e. The molecule has 2 aromatic carbocycles. The van der Waals surface area contributed by atoms with Crippen molar-refractivity contribution in [1.82, 2.24) is 9.97 Å². The number of carbonyl (C=O) groups is 1. The number of rotatable bonds is 7. The van der Waals surface area contributed by atoms with E-state index < -0.39 is 32.0 Å². The predicted molar refractivity (Wildman–Crippen MR) is 119 cm³/mol. The Kier molecular flexibility index (Phi) is 7.22. The molecule has 1 aromatic heterocycles. The van der Waals surface area contributed by atoms with Gasteiger partial charge in [-0.3, -0.25) is 9.59 Å². The summed E-state index contributed by atoms with van der Waals surface area (Å²) in [5.41, 5.74) is 0.122. The third kappa shape index (κ3) is 5.29. The highest BCUT2D eigenvalue weighted by Gasteiger charge is 2.23. The van der Waals surface area contributed by atoms with E-state index in [9.17, 15) is 22.4 Å². The van der Waals surface area contributed by atoms with Crippen LogP contribution >= 0.6 is 23.4 Å². The Morgan fingerprint density at radius 1 is 1.28 bits per heavy atom. The number of thioether (sulfide) groups is 1. The molecular formula is C20H17ClFN3O5S2. The van der Waals surface area contributed by atoms with Crippen LogP contribution < -0.4 is 15.6 Å². The molecule has 0 atom stereocenters. The molecule has 8 nitrogen and oxygen atoms in total. The second-order valence-corrected chi connectivity index (χ2v) is 9.77. The summed E-state index contributed by atoms with van der Waals surface area (Å²) >= 11 is 6.87. The van der Waals surface area contributed by atoms with Gasteiger partial charge in [0.1, 0.15) is 11.6 Å². The lowest BCUT2D eigenvalue weighted by atomic mass is 10.2. The van der Waals surface area contributed by atoms with Gasteiger partial charge in [-0.05, 0) is 42.8 Å². The first kappa shape index (κ1) is 23.8. The fourth-order valence-corrected chi connectivity index (χ4v) is 4.84. The number of methoxy groups -OCH3 is 1. The van der Waals surface area contributed by atoms with E-state index in [0.29, 0.717) is 11.3 Å². The largest absolute Gasteiger partial charge is 0.495 e. The molecule has 1 amide bonds. The van der Waals surface area contributed by atoms with E-state index in [1.165, 1.54) is 43.5 Å². The van der Waals surface area contributed by atoms with Crippen LogP contribution in [0.2, 0.25) is 5.02 Å². The molecule has 0 fully saturated rings. The Labute approximate surface area is 192 Å². The van der Waals surface area contributed by atoms with Crippen LogP contribution in [0.5, 0.6) is 5.75 Å². The molecule has 2 N–H and O–H groups in total. The number of amides is 1. The quantitative estimate of drug-likeness (QED) is 0.379. The minimum atomic E-state index is -4.19. The average molecular weight is 498 g/mol. The lowest BCUT2D eigenvalue weighted by Crippen LogP contribution is -2.20.